The molecule has 1 fully saturated rings. The molecule has 28 heavy (non-hydrogen) atoms. The van der Waals surface area contributed by atoms with Crippen molar-refractivity contribution in [2.24, 2.45) is 0 Å². The number of ether oxygens (including phenoxy) is 1. The molecule has 1 aliphatic rings. The van der Waals surface area contributed by atoms with Gasteiger partial charge in [0.25, 0.3) is 0 Å². The number of nitrogens with one attached hydrogen (secondary N) is 2. The Morgan fingerprint density at radius 1 is 1.32 bits per heavy atom. The molecule has 4 rings (SSSR count). The van der Waals surface area contributed by atoms with Crippen molar-refractivity contribution in [2.45, 2.75) is 32.4 Å². The summed E-state index contributed by atoms with van der Waals surface area (Å²) >= 11 is 0. The van der Waals surface area contributed by atoms with Crippen LogP contribution in [-0.4, -0.2) is 38.3 Å². The van der Waals surface area contributed by atoms with Crippen molar-refractivity contribution in [2.75, 3.05) is 11.9 Å². The summed E-state index contributed by atoms with van der Waals surface area (Å²) in [6.45, 7) is 3.55. The second-order valence-corrected chi connectivity index (χ2v) is 6.88. The van der Waals surface area contributed by atoms with E-state index in [1.807, 2.05) is 43.3 Å². The number of benzene rings is 1. The van der Waals surface area contributed by atoms with Gasteiger partial charge in [-0.05, 0) is 50.6 Å². The topological polar surface area (TPSA) is 83.1 Å². The number of nitrogens with zero attached hydrogens (tertiary/aromatic N) is 3. The van der Waals surface area contributed by atoms with E-state index in [0.717, 1.165) is 30.8 Å². The minimum atomic E-state index is -0.178. The van der Waals surface area contributed by atoms with Gasteiger partial charge in [-0.25, -0.2) is 4.98 Å². The van der Waals surface area contributed by atoms with Crippen LogP contribution < -0.4 is 10.1 Å². The number of amides is 1. The second kappa shape index (κ2) is 8.22. The van der Waals surface area contributed by atoms with Gasteiger partial charge in [0.05, 0.1) is 29.9 Å². The Morgan fingerprint density at radius 2 is 2.21 bits per heavy atom. The van der Waals surface area contributed by atoms with E-state index in [9.17, 15) is 4.79 Å². The molecule has 1 aromatic carbocycles. The molecule has 0 aliphatic carbocycles. The van der Waals surface area contributed by atoms with Crippen LogP contribution in [0.25, 0.3) is 0 Å². The van der Waals surface area contributed by atoms with Gasteiger partial charge in [-0.2, -0.15) is 0 Å². The van der Waals surface area contributed by atoms with Crippen molar-refractivity contribution in [1.29, 1.82) is 0 Å². The molecule has 0 unspecified atom stereocenters. The maximum atomic E-state index is 13.0. The van der Waals surface area contributed by atoms with Crippen molar-refractivity contribution >= 4 is 11.6 Å². The summed E-state index contributed by atoms with van der Waals surface area (Å²) in [5.74, 6) is 1.20. The number of carbonyl (C=O) groups excluding carboxylic acids is 1. The molecule has 1 aliphatic heterocycles. The summed E-state index contributed by atoms with van der Waals surface area (Å²) in [5, 5.41) is 3.04. The molecule has 144 valence electrons. The first-order chi connectivity index (χ1) is 13.7. The molecule has 1 saturated heterocycles. The molecule has 0 bridgehead atoms. The van der Waals surface area contributed by atoms with Crippen molar-refractivity contribution in [3.8, 4) is 11.5 Å². The van der Waals surface area contributed by atoms with E-state index < -0.39 is 0 Å². The zero-order valence-corrected chi connectivity index (χ0v) is 15.8. The fraction of sp³-hybridized carbons (Fsp3) is 0.286. The van der Waals surface area contributed by atoms with E-state index >= 15 is 0 Å². The van der Waals surface area contributed by atoms with Crippen LogP contribution >= 0.6 is 0 Å². The largest absolute Gasteiger partial charge is 0.454 e. The van der Waals surface area contributed by atoms with Crippen LogP contribution in [0.5, 0.6) is 11.5 Å². The number of likely N-dealkylation sites (tertiary alicyclic amines) is 1. The van der Waals surface area contributed by atoms with Gasteiger partial charge in [0, 0.05) is 18.4 Å². The predicted octanol–water partition coefficient (Wildman–Crippen LogP) is 3.51. The van der Waals surface area contributed by atoms with Crippen molar-refractivity contribution < 1.29 is 9.53 Å². The van der Waals surface area contributed by atoms with E-state index in [1.54, 1.807) is 18.7 Å². The van der Waals surface area contributed by atoms with Gasteiger partial charge in [-0.15, -0.1) is 0 Å². The molecule has 0 spiro atoms. The average Bonchev–Trinajstić information content (AvgIpc) is 3.34. The van der Waals surface area contributed by atoms with E-state index in [-0.39, 0.29) is 11.9 Å². The molecule has 1 atom stereocenters. The number of anilines is 1. The number of hydrogen-bond donors (Lipinski definition) is 2. The first kappa shape index (κ1) is 18.2. The Labute approximate surface area is 163 Å². The van der Waals surface area contributed by atoms with Gasteiger partial charge in [-0.3, -0.25) is 14.7 Å². The number of pyridine rings is 1. The highest BCUT2D eigenvalue weighted by atomic mass is 16.5. The smallest absolute Gasteiger partial charge is 0.241 e. The van der Waals surface area contributed by atoms with Crippen LogP contribution in [0, 0.1) is 6.92 Å². The molecule has 3 heterocycles. The second-order valence-electron chi connectivity index (χ2n) is 6.88. The number of aryl methyl sites for hydroxylation is 1. The van der Waals surface area contributed by atoms with Crippen LogP contribution in [-0.2, 0) is 11.3 Å². The Kier molecular flexibility index (Phi) is 5.34. The number of carbonyl (C=O) groups is 1. The van der Waals surface area contributed by atoms with Gasteiger partial charge < -0.3 is 15.0 Å². The fourth-order valence-corrected chi connectivity index (χ4v) is 3.46. The lowest BCUT2D eigenvalue weighted by Crippen LogP contribution is -2.39. The summed E-state index contributed by atoms with van der Waals surface area (Å²) in [4.78, 5) is 26.7. The number of para-hydroxylation sites is 2. The Hall–Kier alpha value is -3.19. The lowest BCUT2D eigenvalue weighted by molar-refractivity contribution is -0.120. The molecule has 7 heteroatoms. The quantitative estimate of drug-likeness (QED) is 0.687. The average molecular weight is 377 g/mol. The molecule has 1 amide bonds. The van der Waals surface area contributed by atoms with E-state index in [1.165, 1.54) is 0 Å². The minimum Gasteiger partial charge on any atom is -0.454 e. The lowest BCUT2D eigenvalue weighted by atomic mass is 10.2. The number of aromatic amines is 1. The van der Waals surface area contributed by atoms with E-state index in [4.69, 9.17) is 4.74 Å². The Bertz CT molecular complexity index is 941. The third kappa shape index (κ3) is 4.04. The number of aromatic nitrogens is 3. The SMILES string of the molecule is Cc1[nH]cnc1CN1CCC[C@@H]1C(=O)Nc1ccccc1Oc1cccnc1. The van der Waals surface area contributed by atoms with Crippen LogP contribution in [0.1, 0.15) is 24.2 Å². The third-order valence-corrected chi connectivity index (χ3v) is 4.96. The highest BCUT2D eigenvalue weighted by molar-refractivity contribution is 5.96. The highest BCUT2D eigenvalue weighted by Crippen LogP contribution is 2.30. The van der Waals surface area contributed by atoms with Gasteiger partial charge in [0.2, 0.25) is 5.91 Å². The van der Waals surface area contributed by atoms with Gasteiger partial charge in [0.1, 0.15) is 5.75 Å². The molecular formula is C21H23N5O2. The fourth-order valence-electron chi connectivity index (χ4n) is 3.46. The summed E-state index contributed by atoms with van der Waals surface area (Å²) in [6.07, 6.45) is 6.86. The lowest BCUT2D eigenvalue weighted by Gasteiger charge is -2.23. The Morgan fingerprint density at radius 3 is 3.00 bits per heavy atom. The summed E-state index contributed by atoms with van der Waals surface area (Å²) in [5.41, 5.74) is 2.68. The van der Waals surface area contributed by atoms with E-state index in [2.05, 4.69) is 25.2 Å². The number of H-pyrrole nitrogens is 1. The predicted molar refractivity (Wildman–Crippen MR) is 106 cm³/mol. The zero-order chi connectivity index (χ0) is 19.3. The molecule has 2 N–H and O–H groups in total. The van der Waals surface area contributed by atoms with Crippen molar-refractivity contribution in [3.05, 3.63) is 66.5 Å². The molecule has 7 nitrogen and oxygen atoms in total. The summed E-state index contributed by atoms with van der Waals surface area (Å²) in [6, 6.07) is 10.9. The summed E-state index contributed by atoms with van der Waals surface area (Å²) in [7, 11) is 0. The maximum absolute atomic E-state index is 13.0. The molecule has 0 radical (unpaired) electrons. The first-order valence-electron chi connectivity index (χ1n) is 9.41. The molecule has 0 saturated carbocycles. The van der Waals surface area contributed by atoms with Crippen molar-refractivity contribution in [3.63, 3.8) is 0 Å². The molecule has 3 aromatic rings. The maximum Gasteiger partial charge on any atom is 0.241 e. The zero-order valence-electron chi connectivity index (χ0n) is 15.8. The standard InChI is InChI=1S/C21H23N5O2/c1-15-18(24-14-23-15)13-26-11-5-8-19(26)21(27)25-17-7-2-3-9-20(17)28-16-6-4-10-22-12-16/h2-4,6-7,9-10,12,14,19H,5,8,11,13H2,1H3,(H,23,24)(H,25,27)/t19-/m1/s1. The monoisotopic (exact) mass is 377 g/mol. The van der Waals surface area contributed by atoms with Crippen molar-refractivity contribution in [1.82, 2.24) is 19.9 Å². The minimum absolute atomic E-state index is 0.0204. The van der Waals surface area contributed by atoms with Crippen LogP contribution in [0.15, 0.2) is 55.1 Å². The molecular weight excluding hydrogens is 354 g/mol. The number of rotatable bonds is 6. The third-order valence-electron chi connectivity index (χ3n) is 4.96. The van der Waals surface area contributed by atoms with Gasteiger partial charge in [0.15, 0.2) is 5.75 Å². The normalized spacial score (nSPS) is 16.8. The summed E-state index contributed by atoms with van der Waals surface area (Å²) < 4.78 is 5.90. The number of hydrogen-bond acceptors (Lipinski definition) is 5. The number of imidazole rings is 1. The van der Waals surface area contributed by atoms with Crippen LogP contribution in [0.2, 0.25) is 0 Å². The van der Waals surface area contributed by atoms with E-state index in [0.29, 0.717) is 23.7 Å². The van der Waals surface area contributed by atoms with Crippen LogP contribution in [0.3, 0.4) is 0 Å². The first-order valence-corrected chi connectivity index (χ1v) is 9.41. The van der Waals surface area contributed by atoms with Gasteiger partial charge in [-0.1, -0.05) is 12.1 Å². The Balaban J connectivity index is 1.46. The molecule has 2 aromatic heterocycles. The van der Waals surface area contributed by atoms with Gasteiger partial charge >= 0.3 is 0 Å². The van der Waals surface area contributed by atoms with Crippen LogP contribution in [0.4, 0.5) is 5.69 Å². The highest BCUT2D eigenvalue weighted by Gasteiger charge is 2.31.